The second kappa shape index (κ2) is 14.1. The van der Waals surface area contributed by atoms with Gasteiger partial charge in [0, 0.05) is 31.7 Å². The van der Waals surface area contributed by atoms with Gasteiger partial charge in [-0.15, -0.1) is 0 Å². The standard InChI is InChI=1S/C31H38N4O5S2/c1-6-33(7-2)20-21-35(31-32-28-26(39-4)18-19-27(40-5)29(28)41-31)30(36)24-14-16-25(17-15-24)42(37,38)34(8-3)22-23-12-10-9-11-13-23/h9-19H,6-8,20-22H2,1-5H3. The normalized spacial score (nSPS) is 11.8. The number of amides is 1. The fourth-order valence-electron chi connectivity index (χ4n) is 4.68. The molecule has 0 unspecified atom stereocenters. The van der Waals surface area contributed by atoms with Crippen LogP contribution < -0.4 is 14.4 Å². The van der Waals surface area contributed by atoms with Crippen molar-refractivity contribution in [3.05, 3.63) is 77.9 Å². The third-order valence-corrected chi connectivity index (χ3v) is 10.2. The Hall–Kier alpha value is -3.51. The van der Waals surface area contributed by atoms with Gasteiger partial charge in [-0.3, -0.25) is 9.69 Å². The van der Waals surface area contributed by atoms with E-state index < -0.39 is 10.0 Å². The van der Waals surface area contributed by atoms with E-state index in [0.29, 0.717) is 47.3 Å². The highest BCUT2D eigenvalue weighted by Crippen LogP contribution is 2.40. The monoisotopic (exact) mass is 610 g/mol. The van der Waals surface area contributed by atoms with Gasteiger partial charge in [0.15, 0.2) is 5.13 Å². The predicted molar refractivity (Wildman–Crippen MR) is 168 cm³/mol. The molecule has 0 aliphatic rings. The van der Waals surface area contributed by atoms with E-state index in [9.17, 15) is 13.2 Å². The van der Waals surface area contributed by atoms with Crippen LogP contribution in [-0.4, -0.2) is 75.5 Å². The summed E-state index contributed by atoms with van der Waals surface area (Å²) in [6.07, 6.45) is 0. The highest BCUT2D eigenvalue weighted by molar-refractivity contribution is 7.89. The predicted octanol–water partition coefficient (Wildman–Crippen LogP) is 5.51. The van der Waals surface area contributed by atoms with Crippen LogP contribution in [0.15, 0.2) is 71.6 Å². The number of sulfonamides is 1. The number of carbonyl (C=O) groups excluding carboxylic acids is 1. The molecule has 9 nitrogen and oxygen atoms in total. The molecule has 0 radical (unpaired) electrons. The topological polar surface area (TPSA) is 92.3 Å². The number of aromatic nitrogens is 1. The largest absolute Gasteiger partial charge is 0.495 e. The molecular formula is C31H38N4O5S2. The van der Waals surface area contributed by atoms with Gasteiger partial charge in [-0.25, -0.2) is 13.4 Å². The fraction of sp³-hybridized carbons (Fsp3) is 0.355. The van der Waals surface area contributed by atoms with Crippen LogP contribution in [0.1, 0.15) is 36.7 Å². The SMILES string of the molecule is CCN(CC)CCN(C(=O)c1ccc(S(=O)(=O)N(CC)Cc2ccccc2)cc1)c1nc2c(OC)ccc(OC)c2s1. The molecule has 0 bridgehead atoms. The van der Waals surface area contributed by atoms with E-state index in [1.165, 1.54) is 27.8 Å². The second-order valence-electron chi connectivity index (χ2n) is 9.57. The first kappa shape index (κ1) is 31.4. The van der Waals surface area contributed by atoms with Crippen LogP contribution in [0, 0.1) is 0 Å². The van der Waals surface area contributed by atoms with Crippen molar-refractivity contribution in [1.82, 2.24) is 14.2 Å². The number of ether oxygens (including phenoxy) is 2. The van der Waals surface area contributed by atoms with Crippen LogP contribution in [0.4, 0.5) is 5.13 Å². The zero-order chi connectivity index (χ0) is 30.3. The first-order chi connectivity index (χ1) is 20.3. The minimum atomic E-state index is -3.76. The molecule has 42 heavy (non-hydrogen) atoms. The molecule has 0 aliphatic heterocycles. The Morgan fingerprint density at radius 2 is 1.48 bits per heavy atom. The van der Waals surface area contributed by atoms with Crippen LogP contribution in [0.2, 0.25) is 0 Å². The van der Waals surface area contributed by atoms with Crippen molar-refractivity contribution in [2.45, 2.75) is 32.2 Å². The number of likely N-dealkylation sites (N-methyl/N-ethyl adjacent to an activating group) is 1. The Morgan fingerprint density at radius 1 is 0.833 bits per heavy atom. The minimum Gasteiger partial charge on any atom is -0.495 e. The smallest absolute Gasteiger partial charge is 0.260 e. The Balaban J connectivity index is 1.66. The van der Waals surface area contributed by atoms with Gasteiger partial charge in [-0.1, -0.05) is 62.4 Å². The quantitative estimate of drug-likeness (QED) is 0.186. The molecule has 0 saturated heterocycles. The molecule has 0 saturated carbocycles. The van der Waals surface area contributed by atoms with E-state index in [1.54, 1.807) is 37.3 Å². The summed E-state index contributed by atoms with van der Waals surface area (Å²) in [7, 11) is -0.583. The lowest BCUT2D eigenvalue weighted by Crippen LogP contribution is -2.39. The number of hydrogen-bond acceptors (Lipinski definition) is 8. The van der Waals surface area contributed by atoms with Crippen molar-refractivity contribution >= 4 is 42.6 Å². The first-order valence-corrected chi connectivity index (χ1v) is 16.2. The average molecular weight is 611 g/mol. The van der Waals surface area contributed by atoms with Gasteiger partial charge in [0.05, 0.1) is 19.1 Å². The molecule has 224 valence electrons. The van der Waals surface area contributed by atoms with Crippen LogP contribution in [-0.2, 0) is 16.6 Å². The summed E-state index contributed by atoms with van der Waals surface area (Å²) in [6, 6.07) is 19.3. The minimum absolute atomic E-state index is 0.140. The van der Waals surface area contributed by atoms with E-state index in [0.717, 1.165) is 23.4 Å². The maximum atomic E-state index is 14.0. The van der Waals surface area contributed by atoms with Crippen LogP contribution in [0.3, 0.4) is 0 Å². The number of thiazole rings is 1. The Morgan fingerprint density at radius 3 is 2.07 bits per heavy atom. The number of methoxy groups -OCH3 is 2. The van der Waals surface area contributed by atoms with Crippen molar-refractivity contribution in [2.24, 2.45) is 0 Å². The van der Waals surface area contributed by atoms with Crippen LogP contribution in [0.25, 0.3) is 10.2 Å². The molecule has 4 rings (SSSR count). The van der Waals surface area contributed by atoms with Gasteiger partial charge in [-0.2, -0.15) is 4.31 Å². The number of carbonyl (C=O) groups is 1. The lowest BCUT2D eigenvalue weighted by Gasteiger charge is -2.25. The van der Waals surface area contributed by atoms with Crippen molar-refractivity contribution in [3.63, 3.8) is 0 Å². The first-order valence-electron chi connectivity index (χ1n) is 14.0. The third-order valence-electron chi connectivity index (χ3n) is 7.20. The zero-order valence-corrected chi connectivity index (χ0v) is 26.4. The third kappa shape index (κ3) is 6.75. The van der Waals surface area contributed by atoms with E-state index >= 15 is 0 Å². The lowest BCUT2D eigenvalue weighted by atomic mass is 10.2. The lowest BCUT2D eigenvalue weighted by molar-refractivity contribution is 0.0983. The summed E-state index contributed by atoms with van der Waals surface area (Å²) in [5.74, 6) is 0.978. The highest BCUT2D eigenvalue weighted by atomic mass is 32.2. The highest BCUT2D eigenvalue weighted by Gasteiger charge is 2.27. The molecule has 0 fully saturated rings. The van der Waals surface area contributed by atoms with Crippen molar-refractivity contribution in [1.29, 1.82) is 0 Å². The van der Waals surface area contributed by atoms with Gasteiger partial charge in [0.1, 0.15) is 21.7 Å². The summed E-state index contributed by atoms with van der Waals surface area (Å²) >= 11 is 1.36. The average Bonchev–Trinajstić information content (AvgIpc) is 3.47. The molecule has 0 N–H and O–H groups in total. The van der Waals surface area contributed by atoms with Gasteiger partial charge in [0.25, 0.3) is 5.91 Å². The molecular weight excluding hydrogens is 572 g/mol. The fourth-order valence-corrected chi connectivity index (χ4v) is 7.22. The van der Waals surface area contributed by atoms with E-state index in [2.05, 4.69) is 18.7 Å². The summed E-state index contributed by atoms with van der Waals surface area (Å²) in [4.78, 5) is 22.8. The number of rotatable bonds is 14. The number of benzene rings is 3. The maximum absolute atomic E-state index is 14.0. The van der Waals surface area contributed by atoms with Gasteiger partial charge in [0.2, 0.25) is 10.0 Å². The molecule has 4 aromatic rings. The van der Waals surface area contributed by atoms with E-state index in [1.807, 2.05) is 43.3 Å². The second-order valence-corrected chi connectivity index (χ2v) is 12.5. The Bertz CT molecular complexity index is 1550. The van der Waals surface area contributed by atoms with Crippen molar-refractivity contribution in [2.75, 3.05) is 51.8 Å². The molecule has 11 heteroatoms. The zero-order valence-electron chi connectivity index (χ0n) is 24.7. The number of nitrogens with zero attached hydrogens (tertiary/aromatic N) is 4. The molecule has 1 amide bonds. The number of fused-ring (bicyclic) bond motifs is 1. The summed E-state index contributed by atoms with van der Waals surface area (Å²) in [5, 5.41) is 0.515. The van der Waals surface area contributed by atoms with Crippen LogP contribution >= 0.6 is 11.3 Å². The maximum Gasteiger partial charge on any atom is 0.260 e. The molecule has 1 aromatic heterocycles. The van der Waals surface area contributed by atoms with Gasteiger partial charge < -0.3 is 14.4 Å². The summed E-state index contributed by atoms with van der Waals surface area (Å²) in [6.45, 7) is 9.33. The summed E-state index contributed by atoms with van der Waals surface area (Å²) < 4.78 is 40.2. The summed E-state index contributed by atoms with van der Waals surface area (Å²) in [5.41, 5.74) is 1.90. The van der Waals surface area contributed by atoms with E-state index in [-0.39, 0.29) is 17.3 Å². The number of anilines is 1. The number of hydrogen-bond donors (Lipinski definition) is 0. The molecule has 0 spiro atoms. The Kier molecular flexibility index (Phi) is 10.6. The van der Waals surface area contributed by atoms with Crippen molar-refractivity contribution < 1.29 is 22.7 Å². The van der Waals surface area contributed by atoms with Crippen LogP contribution in [0.5, 0.6) is 11.5 Å². The van der Waals surface area contributed by atoms with Crippen molar-refractivity contribution in [3.8, 4) is 11.5 Å². The van der Waals surface area contributed by atoms with Gasteiger partial charge in [-0.05, 0) is 55.1 Å². The van der Waals surface area contributed by atoms with E-state index in [4.69, 9.17) is 14.5 Å². The molecule has 0 aliphatic carbocycles. The molecule has 3 aromatic carbocycles. The Labute approximate surface area is 252 Å². The molecule has 0 atom stereocenters. The molecule has 1 heterocycles. The van der Waals surface area contributed by atoms with Gasteiger partial charge >= 0.3 is 0 Å².